The van der Waals surface area contributed by atoms with E-state index < -0.39 is 53.7 Å². The summed E-state index contributed by atoms with van der Waals surface area (Å²) in [5.74, 6) is -1.59. The van der Waals surface area contributed by atoms with Gasteiger partial charge in [-0.25, -0.2) is 4.79 Å². The second kappa shape index (κ2) is 14.1. The van der Waals surface area contributed by atoms with Crippen molar-refractivity contribution < 1.29 is 33.8 Å². The van der Waals surface area contributed by atoms with Gasteiger partial charge in [0.1, 0.15) is 17.7 Å². The Hall–Kier alpha value is -3.14. The number of benzene rings is 1. The van der Waals surface area contributed by atoms with E-state index in [2.05, 4.69) is 10.6 Å². The first-order valence-electron chi connectivity index (χ1n) is 13.0. The summed E-state index contributed by atoms with van der Waals surface area (Å²) in [5.41, 5.74) is 0.699. The molecule has 0 fully saturated rings. The summed E-state index contributed by atoms with van der Waals surface area (Å²) in [5, 5.41) is 15.3. The predicted molar refractivity (Wildman–Crippen MR) is 144 cm³/mol. The van der Waals surface area contributed by atoms with Crippen LogP contribution < -0.4 is 10.6 Å². The molecule has 0 aliphatic rings. The Labute approximate surface area is 226 Å². The maximum absolute atomic E-state index is 14.0. The molecule has 0 aliphatic heterocycles. The van der Waals surface area contributed by atoms with Crippen molar-refractivity contribution in [1.82, 2.24) is 15.5 Å². The third kappa shape index (κ3) is 9.96. The Balaban J connectivity index is 3.53. The largest absolute Gasteiger partial charge is 0.466 e. The Morgan fingerprint density at radius 3 is 2.05 bits per heavy atom. The van der Waals surface area contributed by atoms with E-state index in [-0.39, 0.29) is 19.6 Å². The number of rotatable bonds is 12. The van der Waals surface area contributed by atoms with Crippen LogP contribution in [0.2, 0.25) is 0 Å². The molecule has 3 amide bonds. The highest BCUT2D eigenvalue weighted by molar-refractivity contribution is 5.93. The SMILES string of the molecule is CCOC(=O)CCNC(=O)C(c1cc(C)cc(C)c1)N(C(=O)C(CO)NC(=O)OC(C)(C)C)C(C)(C)CC. The maximum Gasteiger partial charge on any atom is 0.408 e. The summed E-state index contributed by atoms with van der Waals surface area (Å²) < 4.78 is 10.2. The number of esters is 1. The van der Waals surface area contributed by atoms with Crippen molar-refractivity contribution in [2.45, 2.75) is 98.4 Å². The van der Waals surface area contributed by atoms with Crippen LogP contribution in [0, 0.1) is 13.8 Å². The highest BCUT2D eigenvalue weighted by Crippen LogP contribution is 2.33. The molecular formula is C28H45N3O7. The molecule has 0 spiro atoms. The lowest BCUT2D eigenvalue weighted by atomic mass is 9.91. The highest BCUT2D eigenvalue weighted by atomic mass is 16.6. The molecule has 1 aromatic rings. The van der Waals surface area contributed by atoms with E-state index in [9.17, 15) is 24.3 Å². The van der Waals surface area contributed by atoms with Crippen molar-refractivity contribution >= 4 is 23.9 Å². The smallest absolute Gasteiger partial charge is 0.408 e. The number of carbonyl (C=O) groups is 4. The van der Waals surface area contributed by atoms with Gasteiger partial charge in [-0.1, -0.05) is 36.2 Å². The number of amides is 3. The van der Waals surface area contributed by atoms with Gasteiger partial charge in [-0.15, -0.1) is 0 Å². The van der Waals surface area contributed by atoms with Crippen LogP contribution in [0.5, 0.6) is 0 Å². The summed E-state index contributed by atoms with van der Waals surface area (Å²) in [7, 11) is 0. The van der Waals surface area contributed by atoms with Crippen LogP contribution in [0.25, 0.3) is 0 Å². The Morgan fingerprint density at radius 1 is 1.00 bits per heavy atom. The molecule has 2 atom stereocenters. The predicted octanol–water partition coefficient (Wildman–Crippen LogP) is 3.32. The molecule has 0 aromatic heterocycles. The zero-order valence-electron chi connectivity index (χ0n) is 24.3. The lowest BCUT2D eigenvalue weighted by Crippen LogP contribution is -2.60. The molecule has 1 rings (SSSR count). The minimum atomic E-state index is -1.35. The van der Waals surface area contributed by atoms with Gasteiger partial charge in [0.05, 0.1) is 19.6 Å². The fourth-order valence-corrected chi connectivity index (χ4v) is 3.95. The topological polar surface area (TPSA) is 134 Å². The minimum absolute atomic E-state index is 0.0210. The summed E-state index contributed by atoms with van der Waals surface area (Å²) in [4.78, 5) is 53.4. The zero-order valence-corrected chi connectivity index (χ0v) is 24.3. The molecule has 10 nitrogen and oxygen atoms in total. The quantitative estimate of drug-likeness (QED) is 0.350. The Kier molecular flexibility index (Phi) is 12.2. The average molecular weight is 536 g/mol. The van der Waals surface area contributed by atoms with E-state index in [4.69, 9.17) is 9.47 Å². The number of alkyl carbamates (subject to hydrolysis) is 1. The van der Waals surface area contributed by atoms with Crippen LogP contribution in [-0.4, -0.2) is 70.8 Å². The Bertz CT molecular complexity index is 965. The monoisotopic (exact) mass is 535 g/mol. The normalized spacial score (nSPS) is 13.2. The minimum Gasteiger partial charge on any atom is -0.466 e. The second-order valence-corrected chi connectivity index (χ2v) is 10.9. The number of hydrogen-bond acceptors (Lipinski definition) is 7. The second-order valence-electron chi connectivity index (χ2n) is 10.9. The van der Waals surface area contributed by atoms with Crippen LogP contribution in [0.4, 0.5) is 4.79 Å². The number of carbonyl (C=O) groups excluding carboxylic acids is 4. The molecular weight excluding hydrogens is 490 g/mol. The van der Waals surface area contributed by atoms with Crippen LogP contribution in [0.15, 0.2) is 18.2 Å². The van der Waals surface area contributed by atoms with Crippen LogP contribution in [0.3, 0.4) is 0 Å². The number of nitrogens with zero attached hydrogens (tertiary/aromatic N) is 1. The summed E-state index contributed by atoms with van der Waals surface area (Å²) in [6, 6.07) is 3.15. The van der Waals surface area contributed by atoms with Crippen molar-refractivity contribution in [2.24, 2.45) is 0 Å². The molecule has 214 valence electrons. The number of ether oxygens (including phenoxy) is 2. The lowest BCUT2D eigenvalue weighted by molar-refractivity contribution is -0.150. The third-order valence-electron chi connectivity index (χ3n) is 5.93. The van der Waals surface area contributed by atoms with E-state index in [0.29, 0.717) is 12.0 Å². The molecule has 3 N–H and O–H groups in total. The molecule has 0 heterocycles. The van der Waals surface area contributed by atoms with Crippen molar-refractivity contribution in [3.63, 3.8) is 0 Å². The first-order valence-corrected chi connectivity index (χ1v) is 13.0. The lowest BCUT2D eigenvalue weighted by Gasteiger charge is -2.44. The number of aliphatic hydroxyl groups excluding tert-OH is 1. The maximum atomic E-state index is 14.0. The first-order chi connectivity index (χ1) is 17.6. The van der Waals surface area contributed by atoms with E-state index in [1.807, 2.05) is 52.8 Å². The van der Waals surface area contributed by atoms with Gasteiger partial charge in [0.25, 0.3) is 0 Å². The molecule has 2 unspecified atom stereocenters. The summed E-state index contributed by atoms with van der Waals surface area (Å²) in [6.07, 6.45) is -0.411. The van der Waals surface area contributed by atoms with E-state index in [1.54, 1.807) is 27.7 Å². The zero-order chi connectivity index (χ0) is 29.3. The average Bonchev–Trinajstić information content (AvgIpc) is 2.78. The molecule has 0 aliphatic carbocycles. The first kappa shape index (κ1) is 32.9. The van der Waals surface area contributed by atoms with Gasteiger partial charge in [0.2, 0.25) is 11.8 Å². The van der Waals surface area contributed by atoms with Crippen LogP contribution in [-0.2, 0) is 23.9 Å². The number of nitrogens with one attached hydrogen (secondary N) is 2. The van der Waals surface area contributed by atoms with Crippen molar-refractivity contribution in [2.75, 3.05) is 19.8 Å². The Morgan fingerprint density at radius 2 is 1.58 bits per heavy atom. The van der Waals surface area contributed by atoms with Crippen LogP contribution in [0.1, 0.15) is 84.0 Å². The van der Waals surface area contributed by atoms with Gasteiger partial charge in [0, 0.05) is 12.1 Å². The molecule has 38 heavy (non-hydrogen) atoms. The van der Waals surface area contributed by atoms with Crippen molar-refractivity contribution in [3.8, 4) is 0 Å². The van der Waals surface area contributed by atoms with Gasteiger partial charge >= 0.3 is 12.1 Å². The van der Waals surface area contributed by atoms with Gasteiger partial charge in [-0.2, -0.15) is 0 Å². The van der Waals surface area contributed by atoms with Gasteiger partial charge in [-0.3, -0.25) is 14.4 Å². The van der Waals surface area contributed by atoms with Gasteiger partial charge in [0.15, 0.2) is 0 Å². The van der Waals surface area contributed by atoms with Gasteiger partial charge in [-0.05, 0) is 67.4 Å². The molecule has 10 heteroatoms. The van der Waals surface area contributed by atoms with Crippen molar-refractivity contribution in [3.05, 3.63) is 34.9 Å². The molecule has 0 bridgehead atoms. The van der Waals surface area contributed by atoms with Crippen molar-refractivity contribution in [1.29, 1.82) is 0 Å². The fraction of sp³-hybridized carbons (Fsp3) is 0.643. The standard InChI is InChI=1S/C28H45N3O7/c1-10-28(8,9)31(25(35)21(17-32)30-26(36)38-27(5,6)7)23(20-15-18(3)14-19(4)16-20)24(34)29-13-12-22(33)37-11-2/h14-16,21,23,32H,10-13,17H2,1-9H3,(H,29,34)(H,30,36). The summed E-state index contributed by atoms with van der Waals surface area (Å²) >= 11 is 0. The third-order valence-corrected chi connectivity index (χ3v) is 5.93. The number of hydrogen-bond donors (Lipinski definition) is 3. The van der Waals surface area contributed by atoms with E-state index in [1.165, 1.54) is 4.90 Å². The molecule has 0 radical (unpaired) electrons. The van der Waals surface area contributed by atoms with E-state index in [0.717, 1.165) is 11.1 Å². The molecule has 0 saturated heterocycles. The fourth-order valence-electron chi connectivity index (χ4n) is 3.95. The molecule has 1 aromatic carbocycles. The molecule has 0 saturated carbocycles. The van der Waals surface area contributed by atoms with Gasteiger partial charge < -0.3 is 30.1 Å². The number of aliphatic hydroxyl groups is 1. The summed E-state index contributed by atoms with van der Waals surface area (Å²) in [6.45, 7) is 15.6. The van der Waals surface area contributed by atoms with Crippen LogP contribution >= 0.6 is 0 Å². The van der Waals surface area contributed by atoms with E-state index >= 15 is 0 Å². The number of aryl methyl sites for hydroxylation is 2. The highest BCUT2D eigenvalue weighted by Gasteiger charge is 2.43.